The fourth-order valence-corrected chi connectivity index (χ4v) is 2.59. The van der Waals surface area contributed by atoms with Crippen molar-refractivity contribution >= 4 is 27.5 Å². The van der Waals surface area contributed by atoms with Crippen LogP contribution < -0.4 is 4.74 Å². The second-order valence-electron chi connectivity index (χ2n) is 4.45. The maximum atomic E-state index is 10.6. The number of ether oxygens (including phenoxy) is 1. The Balaban J connectivity index is 2.37. The summed E-state index contributed by atoms with van der Waals surface area (Å²) in [6, 6.07) is 12.9. The lowest BCUT2D eigenvalue weighted by Crippen LogP contribution is -2.05. The Morgan fingerprint density at radius 2 is 1.95 bits per heavy atom. The summed E-state index contributed by atoms with van der Waals surface area (Å²) in [5.74, 6) is 0.703. The Morgan fingerprint density at radius 1 is 1.20 bits per heavy atom. The highest BCUT2D eigenvalue weighted by Crippen LogP contribution is 2.35. The van der Waals surface area contributed by atoms with Crippen LogP contribution in [0.1, 0.15) is 30.6 Å². The molecule has 0 heterocycles. The van der Waals surface area contributed by atoms with E-state index in [1.807, 2.05) is 37.3 Å². The molecule has 0 aliphatic heterocycles. The van der Waals surface area contributed by atoms with Crippen molar-refractivity contribution in [3.8, 4) is 5.75 Å². The van der Waals surface area contributed by atoms with Crippen LogP contribution in [0.15, 0.2) is 46.9 Å². The van der Waals surface area contributed by atoms with Gasteiger partial charge in [0.2, 0.25) is 0 Å². The molecule has 2 nitrogen and oxygen atoms in total. The Bertz CT molecular complexity index is 586. The van der Waals surface area contributed by atoms with Crippen LogP contribution >= 0.6 is 27.5 Å². The fraction of sp³-hybridized carbons (Fsp3) is 0.250. The first-order chi connectivity index (χ1) is 9.63. The van der Waals surface area contributed by atoms with Gasteiger partial charge in [0.1, 0.15) is 11.9 Å². The molecule has 0 saturated heterocycles. The zero-order valence-corrected chi connectivity index (χ0v) is 13.5. The number of rotatable bonds is 5. The number of benzene rings is 2. The molecular weight excluding hydrogens is 340 g/mol. The molecule has 1 unspecified atom stereocenters. The van der Waals surface area contributed by atoms with Gasteiger partial charge in [0, 0.05) is 20.6 Å². The largest absolute Gasteiger partial charge is 0.493 e. The third-order valence-corrected chi connectivity index (χ3v) is 3.89. The van der Waals surface area contributed by atoms with E-state index in [0.717, 1.165) is 22.0 Å². The molecule has 0 fully saturated rings. The van der Waals surface area contributed by atoms with Crippen molar-refractivity contribution < 1.29 is 9.84 Å². The number of aliphatic hydroxyl groups excluding tert-OH is 1. The predicted octanol–water partition coefficient (Wildman–Crippen LogP) is 4.97. The van der Waals surface area contributed by atoms with Gasteiger partial charge in [0.05, 0.1) is 6.61 Å². The average Bonchev–Trinajstić information content (AvgIpc) is 2.47. The first kappa shape index (κ1) is 15.4. The number of halogens is 2. The van der Waals surface area contributed by atoms with E-state index in [1.165, 1.54) is 0 Å². The highest BCUT2D eigenvalue weighted by molar-refractivity contribution is 9.10. The molecular formula is C16H16BrClO2. The van der Waals surface area contributed by atoms with Crippen LogP contribution in [0.2, 0.25) is 5.02 Å². The van der Waals surface area contributed by atoms with E-state index in [-0.39, 0.29) is 0 Å². The second kappa shape index (κ2) is 7.11. The zero-order valence-electron chi connectivity index (χ0n) is 11.1. The van der Waals surface area contributed by atoms with Crippen molar-refractivity contribution in [2.45, 2.75) is 19.4 Å². The van der Waals surface area contributed by atoms with Crippen LogP contribution in [0, 0.1) is 0 Å². The molecule has 4 heteroatoms. The van der Waals surface area contributed by atoms with Crippen LogP contribution in [-0.4, -0.2) is 11.7 Å². The predicted molar refractivity (Wildman–Crippen MR) is 85.4 cm³/mol. The first-order valence-electron chi connectivity index (χ1n) is 6.48. The van der Waals surface area contributed by atoms with Gasteiger partial charge in [-0.25, -0.2) is 0 Å². The summed E-state index contributed by atoms with van der Waals surface area (Å²) >= 11 is 9.45. The minimum atomic E-state index is -0.781. The van der Waals surface area contributed by atoms with Crippen molar-refractivity contribution in [1.82, 2.24) is 0 Å². The maximum absolute atomic E-state index is 10.6. The van der Waals surface area contributed by atoms with E-state index in [4.69, 9.17) is 16.3 Å². The first-order valence-corrected chi connectivity index (χ1v) is 7.65. The Kier molecular flexibility index (Phi) is 5.46. The van der Waals surface area contributed by atoms with Gasteiger partial charge in [-0.05, 0) is 30.7 Å². The number of para-hydroxylation sites is 1. The standard InChI is InChI=1S/C16H16BrClO2/c1-2-9-20-15-6-4-3-5-12(15)16(19)13-10-11(18)7-8-14(13)17/h3-8,10,16,19H,2,9H2,1H3. The molecule has 0 saturated carbocycles. The van der Waals surface area contributed by atoms with Crippen molar-refractivity contribution in [2.75, 3.05) is 6.61 Å². The molecule has 106 valence electrons. The Morgan fingerprint density at radius 3 is 2.70 bits per heavy atom. The highest BCUT2D eigenvalue weighted by atomic mass is 79.9. The molecule has 0 radical (unpaired) electrons. The lowest BCUT2D eigenvalue weighted by molar-refractivity contribution is 0.210. The van der Waals surface area contributed by atoms with Gasteiger partial charge in [0.15, 0.2) is 0 Å². The monoisotopic (exact) mass is 354 g/mol. The summed E-state index contributed by atoms with van der Waals surface area (Å²) in [5.41, 5.74) is 1.47. The molecule has 20 heavy (non-hydrogen) atoms. The summed E-state index contributed by atoms with van der Waals surface area (Å²) in [7, 11) is 0. The summed E-state index contributed by atoms with van der Waals surface area (Å²) in [4.78, 5) is 0. The lowest BCUT2D eigenvalue weighted by atomic mass is 10.0. The van der Waals surface area contributed by atoms with Gasteiger partial charge in [0.25, 0.3) is 0 Å². The maximum Gasteiger partial charge on any atom is 0.125 e. The van der Waals surface area contributed by atoms with Gasteiger partial charge < -0.3 is 9.84 Å². The lowest BCUT2D eigenvalue weighted by Gasteiger charge is -2.17. The highest BCUT2D eigenvalue weighted by Gasteiger charge is 2.18. The van der Waals surface area contributed by atoms with Gasteiger partial charge in [-0.1, -0.05) is 52.7 Å². The van der Waals surface area contributed by atoms with E-state index in [0.29, 0.717) is 17.4 Å². The fourth-order valence-electron chi connectivity index (χ4n) is 1.94. The van der Waals surface area contributed by atoms with E-state index in [9.17, 15) is 5.11 Å². The van der Waals surface area contributed by atoms with Crippen molar-refractivity contribution in [3.05, 3.63) is 63.1 Å². The van der Waals surface area contributed by atoms with Crippen LogP contribution in [0.4, 0.5) is 0 Å². The molecule has 0 bridgehead atoms. The van der Waals surface area contributed by atoms with Gasteiger partial charge >= 0.3 is 0 Å². The summed E-state index contributed by atoms with van der Waals surface area (Å²) in [6.07, 6.45) is 0.141. The van der Waals surface area contributed by atoms with Crippen molar-refractivity contribution in [2.24, 2.45) is 0 Å². The molecule has 2 aromatic carbocycles. The molecule has 0 spiro atoms. The van der Waals surface area contributed by atoms with Gasteiger partial charge in [-0.15, -0.1) is 0 Å². The van der Waals surface area contributed by atoms with E-state index in [2.05, 4.69) is 15.9 Å². The second-order valence-corrected chi connectivity index (χ2v) is 5.75. The van der Waals surface area contributed by atoms with Crippen molar-refractivity contribution in [1.29, 1.82) is 0 Å². The quantitative estimate of drug-likeness (QED) is 0.820. The molecule has 2 aromatic rings. The normalized spacial score (nSPS) is 12.2. The van der Waals surface area contributed by atoms with Crippen LogP contribution in [0.3, 0.4) is 0 Å². The SMILES string of the molecule is CCCOc1ccccc1C(O)c1cc(Cl)ccc1Br. The molecule has 0 aliphatic carbocycles. The molecule has 1 atom stereocenters. The Hall–Kier alpha value is -1.03. The van der Waals surface area contributed by atoms with Crippen molar-refractivity contribution in [3.63, 3.8) is 0 Å². The topological polar surface area (TPSA) is 29.5 Å². The van der Waals surface area contributed by atoms with E-state index in [1.54, 1.807) is 12.1 Å². The number of hydrogen-bond acceptors (Lipinski definition) is 2. The minimum Gasteiger partial charge on any atom is -0.493 e. The van der Waals surface area contributed by atoms with E-state index < -0.39 is 6.10 Å². The summed E-state index contributed by atoms with van der Waals surface area (Å²) in [6.45, 7) is 2.67. The van der Waals surface area contributed by atoms with Gasteiger partial charge in [-0.3, -0.25) is 0 Å². The van der Waals surface area contributed by atoms with Gasteiger partial charge in [-0.2, -0.15) is 0 Å². The zero-order chi connectivity index (χ0) is 14.5. The molecule has 2 rings (SSSR count). The minimum absolute atomic E-state index is 0.592. The number of hydrogen-bond donors (Lipinski definition) is 1. The number of aliphatic hydroxyl groups is 1. The third-order valence-electron chi connectivity index (χ3n) is 2.93. The summed E-state index contributed by atoms with van der Waals surface area (Å²) < 4.78 is 6.51. The third kappa shape index (κ3) is 3.54. The smallest absolute Gasteiger partial charge is 0.125 e. The van der Waals surface area contributed by atoms with Crippen LogP contribution in [0.25, 0.3) is 0 Å². The molecule has 0 aliphatic rings. The summed E-state index contributed by atoms with van der Waals surface area (Å²) in [5, 5.41) is 11.2. The average molecular weight is 356 g/mol. The van der Waals surface area contributed by atoms with Crippen LogP contribution in [0.5, 0.6) is 5.75 Å². The molecule has 0 aromatic heterocycles. The molecule has 1 N–H and O–H groups in total. The molecule has 0 amide bonds. The van der Waals surface area contributed by atoms with E-state index >= 15 is 0 Å². The Labute approximate surface area is 132 Å². The van der Waals surface area contributed by atoms with Crippen LogP contribution in [-0.2, 0) is 0 Å².